The molecule has 2 atom stereocenters. The number of hydrogen-bond donors (Lipinski definition) is 2. The second kappa shape index (κ2) is 10.1. The van der Waals surface area contributed by atoms with Crippen LogP contribution in [0.25, 0.3) is 0 Å². The summed E-state index contributed by atoms with van der Waals surface area (Å²) in [5.41, 5.74) is -0.0404. The van der Waals surface area contributed by atoms with Crippen LogP contribution in [0, 0.1) is 0 Å². The molecule has 0 saturated carbocycles. The molecule has 2 N–H and O–H groups in total. The molecule has 0 aliphatic carbocycles. The van der Waals surface area contributed by atoms with Gasteiger partial charge in [-0.1, -0.05) is 35.5 Å². The summed E-state index contributed by atoms with van der Waals surface area (Å²) in [5, 5.41) is 25.6. The Hall–Kier alpha value is -2.34. The minimum atomic E-state index is -1.57. The molecular formula is C18H16N3NaO7S. The summed E-state index contributed by atoms with van der Waals surface area (Å²) in [6.07, 6.45) is 0. The zero-order chi connectivity index (χ0) is 21.1. The van der Waals surface area contributed by atoms with Crippen molar-refractivity contribution in [3.05, 3.63) is 47.2 Å². The number of amides is 2. The van der Waals surface area contributed by atoms with Crippen molar-refractivity contribution in [2.45, 2.75) is 18.3 Å². The van der Waals surface area contributed by atoms with Crippen molar-refractivity contribution in [3.8, 4) is 0 Å². The average Bonchev–Trinajstić information content (AvgIpc) is 2.70. The van der Waals surface area contributed by atoms with Crippen molar-refractivity contribution in [1.29, 1.82) is 0 Å². The van der Waals surface area contributed by atoms with E-state index < -0.39 is 35.2 Å². The topological polar surface area (TPSA) is 148 Å². The van der Waals surface area contributed by atoms with Crippen LogP contribution in [0.4, 0.5) is 0 Å². The Bertz CT molecular complexity index is 935. The Morgan fingerprint density at radius 3 is 2.57 bits per heavy atom. The van der Waals surface area contributed by atoms with Crippen LogP contribution < -0.4 is 40.0 Å². The van der Waals surface area contributed by atoms with Gasteiger partial charge in [-0.05, 0) is 0 Å². The Balaban J connectivity index is 0.00000320. The van der Waals surface area contributed by atoms with Crippen LogP contribution in [0.5, 0.6) is 0 Å². The van der Waals surface area contributed by atoms with E-state index >= 15 is 0 Å². The molecule has 30 heavy (non-hydrogen) atoms. The number of carbonyl (C=O) groups is 4. The van der Waals surface area contributed by atoms with Crippen molar-refractivity contribution in [2.24, 2.45) is 5.16 Å². The number of nitrogens with zero attached hydrogens (tertiary/aromatic N) is 2. The molecule has 152 valence electrons. The molecule has 1 fully saturated rings. The van der Waals surface area contributed by atoms with E-state index in [1.54, 1.807) is 30.3 Å². The van der Waals surface area contributed by atoms with Gasteiger partial charge in [0.05, 0.1) is 11.7 Å². The van der Waals surface area contributed by atoms with Crippen LogP contribution >= 0.6 is 11.8 Å². The van der Waals surface area contributed by atoms with Crippen LogP contribution in [-0.2, 0) is 23.9 Å². The van der Waals surface area contributed by atoms with Crippen LogP contribution in [-0.4, -0.2) is 63.3 Å². The summed E-state index contributed by atoms with van der Waals surface area (Å²) >= 11 is 1.21. The summed E-state index contributed by atoms with van der Waals surface area (Å²) < 4.78 is 4.84. The Kier molecular flexibility index (Phi) is 8.07. The first-order chi connectivity index (χ1) is 13.8. The van der Waals surface area contributed by atoms with Gasteiger partial charge in [0.1, 0.15) is 18.0 Å². The third-order valence-electron chi connectivity index (χ3n) is 4.34. The first kappa shape index (κ1) is 23.9. The third kappa shape index (κ3) is 4.69. The van der Waals surface area contributed by atoms with Gasteiger partial charge in [-0.3, -0.25) is 19.3 Å². The standard InChI is InChI=1S/C18H17N3O7S.Na/c1-9(22)28-7-11-8-29-17-13(16(24)21(17)14(11)18(25)26)19-15(23)12(20-27)10-5-3-2-4-6-10;/h2-6,13,17,27H,7-8H2,1H3,(H,19,23)(H,25,26);/q;+1/p-1/t13-,17-;/m1./s1. The molecule has 1 aromatic rings. The van der Waals surface area contributed by atoms with E-state index in [2.05, 4.69) is 10.5 Å². The zero-order valence-corrected chi connectivity index (χ0v) is 19.0. The van der Waals surface area contributed by atoms with Gasteiger partial charge >= 0.3 is 35.5 Å². The fourth-order valence-corrected chi connectivity index (χ4v) is 4.34. The van der Waals surface area contributed by atoms with Crippen molar-refractivity contribution >= 4 is 41.2 Å². The van der Waals surface area contributed by atoms with E-state index in [-0.39, 0.29) is 58.9 Å². The number of esters is 1. The molecule has 3 rings (SSSR count). The predicted octanol–water partition coefficient (Wildman–Crippen LogP) is -4.16. The molecule has 2 aliphatic rings. The third-order valence-corrected chi connectivity index (χ3v) is 5.68. The number of benzene rings is 1. The first-order valence-corrected chi connectivity index (χ1v) is 9.49. The molecule has 0 spiro atoms. The minimum absolute atomic E-state index is 0. The number of ether oxygens (including phenoxy) is 1. The second-order valence-corrected chi connectivity index (χ2v) is 7.30. The van der Waals surface area contributed by atoms with Gasteiger partial charge in [-0.25, -0.2) is 0 Å². The summed E-state index contributed by atoms with van der Waals surface area (Å²) in [7, 11) is 0. The normalized spacial score (nSPS) is 20.5. The number of carboxylic acid groups (broad SMARTS) is 1. The Labute approximate surface area is 197 Å². The smallest absolute Gasteiger partial charge is 0.543 e. The summed E-state index contributed by atoms with van der Waals surface area (Å²) in [6.45, 7) is 0.917. The Morgan fingerprint density at radius 2 is 2.00 bits per heavy atom. The fourth-order valence-electron chi connectivity index (χ4n) is 3.01. The average molecular weight is 441 g/mol. The van der Waals surface area contributed by atoms with E-state index in [0.29, 0.717) is 5.56 Å². The number of hydrogen-bond acceptors (Lipinski definition) is 9. The van der Waals surface area contributed by atoms with E-state index in [4.69, 9.17) is 4.74 Å². The molecule has 0 bridgehead atoms. The monoisotopic (exact) mass is 441 g/mol. The van der Waals surface area contributed by atoms with E-state index in [0.717, 1.165) is 4.90 Å². The minimum Gasteiger partial charge on any atom is -0.543 e. The van der Waals surface area contributed by atoms with Gasteiger partial charge in [0.25, 0.3) is 11.8 Å². The number of fused-ring (bicyclic) bond motifs is 1. The summed E-state index contributed by atoms with van der Waals surface area (Å²) in [4.78, 5) is 48.6. The molecular weight excluding hydrogens is 425 g/mol. The van der Waals surface area contributed by atoms with Gasteiger partial charge in [-0.15, -0.1) is 11.8 Å². The molecule has 1 saturated heterocycles. The van der Waals surface area contributed by atoms with Crippen LogP contribution in [0.3, 0.4) is 0 Å². The van der Waals surface area contributed by atoms with Gasteiger partial charge in [0.2, 0.25) is 0 Å². The van der Waals surface area contributed by atoms with Gasteiger partial charge in [0, 0.05) is 23.8 Å². The zero-order valence-electron chi connectivity index (χ0n) is 16.2. The van der Waals surface area contributed by atoms with E-state index in [1.165, 1.54) is 18.7 Å². The maximum atomic E-state index is 12.5. The number of thioether (sulfide) groups is 1. The van der Waals surface area contributed by atoms with E-state index in [1.807, 2.05) is 0 Å². The fraction of sp³-hybridized carbons (Fsp3) is 0.278. The number of oxime groups is 1. The number of carbonyl (C=O) groups excluding carboxylic acids is 4. The predicted molar refractivity (Wildman–Crippen MR) is 98.5 cm³/mol. The molecule has 2 heterocycles. The quantitative estimate of drug-likeness (QED) is 0.113. The maximum Gasteiger partial charge on any atom is 1.00 e. The van der Waals surface area contributed by atoms with Crippen LogP contribution in [0.2, 0.25) is 0 Å². The van der Waals surface area contributed by atoms with Crippen LogP contribution in [0.15, 0.2) is 46.8 Å². The summed E-state index contributed by atoms with van der Waals surface area (Å²) in [5.74, 6) is -3.41. The van der Waals surface area contributed by atoms with Crippen LogP contribution in [0.1, 0.15) is 12.5 Å². The molecule has 1 aromatic carbocycles. The van der Waals surface area contributed by atoms with Crippen molar-refractivity contribution in [3.63, 3.8) is 0 Å². The molecule has 2 amide bonds. The number of β-lactam (4-membered cyclic amide) rings is 1. The maximum absolute atomic E-state index is 12.5. The Morgan fingerprint density at radius 1 is 1.33 bits per heavy atom. The SMILES string of the molecule is CC(=O)OCC1=C(C(=O)[O-])N2C(=O)[C@@H](NC(=O)C(=NO)c3ccccc3)[C@H]2SC1.[Na+]. The molecule has 0 unspecified atom stereocenters. The van der Waals surface area contributed by atoms with Gasteiger partial charge in [-0.2, -0.15) is 0 Å². The first-order valence-electron chi connectivity index (χ1n) is 8.45. The van der Waals surface area contributed by atoms with Crippen molar-refractivity contribution < 1.29 is 63.8 Å². The number of nitrogens with one attached hydrogen (secondary N) is 1. The molecule has 0 aromatic heterocycles. The molecule has 10 nitrogen and oxygen atoms in total. The van der Waals surface area contributed by atoms with Crippen molar-refractivity contribution in [1.82, 2.24) is 10.2 Å². The van der Waals surface area contributed by atoms with Gasteiger partial charge < -0.3 is 25.2 Å². The second-order valence-electron chi connectivity index (χ2n) is 6.20. The van der Waals surface area contributed by atoms with E-state index in [9.17, 15) is 29.5 Å². The van der Waals surface area contributed by atoms with Gasteiger partial charge in [0.15, 0.2) is 5.71 Å². The van der Waals surface area contributed by atoms with Crippen molar-refractivity contribution in [2.75, 3.05) is 12.4 Å². The molecule has 0 radical (unpaired) electrons. The largest absolute Gasteiger partial charge is 1.00 e. The molecule has 2 aliphatic heterocycles. The number of rotatable bonds is 6. The number of carboxylic acids is 1. The summed E-state index contributed by atoms with van der Waals surface area (Å²) in [6, 6.07) is 7.17. The molecule has 12 heteroatoms. The number of aliphatic carboxylic acids is 1.